The average molecular weight is 168 g/mol. The van der Waals surface area contributed by atoms with E-state index < -0.39 is 0 Å². The lowest BCUT2D eigenvalue weighted by Gasteiger charge is -2.21. The highest BCUT2D eigenvalue weighted by atomic mass is 14.2. The van der Waals surface area contributed by atoms with Crippen LogP contribution in [0.4, 0.5) is 0 Å². The van der Waals surface area contributed by atoms with Crippen LogP contribution in [0.15, 0.2) is 0 Å². The van der Waals surface area contributed by atoms with Crippen LogP contribution in [-0.2, 0) is 0 Å². The second-order valence-electron chi connectivity index (χ2n) is 4.52. The number of rotatable bonds is 3. The van der Waals surface area contributed by atoms with Gasteiger partial charge in [0.25, 0.3) is 0 Å². The zero-order valence-corrected chi connectivity index (χ0v) is 8.81. The molecular weight excluding hydrogens is 144 g/mol. The Balaban J connectivity index is 2.27. The Morgan fingerprint density at radius 2 is 1.67 bits per heavy atom. The van der Waals surface area contributed by atoms with Crippen LogP contribution < -0.4 is 0 Å². The minimum atomic E-state index is 0.994. The van der Waals surface area contributed by atoms with Crippen molar-refractivity contribution >= 4 is 0 Å². The largest absolute Gasteiger partial charge is 0.0654 e. The Hall–Kier alpha value is 0. The van der Waals surface area contributed by atoms with Gasteiger partial charge in [-0.05, 0) is 11.8 Å². The fourth-order valence-electron chi connectivity index (χ4n) is 2.57. The molecule has 0 aromatic heterocycles. The summed E-state index contributed by atoms with van der Waals surface area (Å²) < 4.78 is 0. The molecular formula is C12H24. The molecule has 1 rings (SSSR count). The minimum absolute atomic E-state index is 0.994. The van der Waals surface area contributed by atoms with E-state index >= 15 is 0 Å². The summed E-state index contributed by atoms with van der Waals surface area (Å²) in [6.45, 7) is 4.77. The molecule has 0 radical (unpaired) electrons. The number of hydrogen-bond donors (Lipinski definition) is 0. The zero-order chi connectivity index (χ0) is 8.81. The van der Waals surface area contributed by atoms with Gasteiger partial charge < -0.3 is 0 Å². The van der Waals surface area contributed by atoms with E-state index in [0.29, 0.717) is 0 Å². The molecule has 0 aromatic carbocycles. The van der Waals surface area contributed by atoms with Gasteiger partial charge in [0.2, 0.25) is 0 Å². The SMILES string of the molecule is CCCC(C)C1CCCCCC1. The van der Waals surface area contributed by atoms with E-state index in [1.54, 1.807) is 0 Å². The molecule has 1 aliphatic rings. The summed E-state index contributed by atoms with van der Waals surface area (Å²) in [5.41, 5.74) is 0. The summed E-state index contributed by atoms with van der Waals surface area (Å²) in [6, 6.07) is 0. The highest BCUT2D eigenvalue weighted by Gasteiger charge is 2.17. The Labute approximate surface area is 77.7 Å². The second-order valence-corrected chi connectivity index (χ2v) is 4.52. The van der Waals surface area contributed by atoms with Crippen LogP contribution in [0, 0.1) is 11.8 Å². The Morgan fingerprint density at radius 1 is 1.08 bits per heavy atom. The fourth-order valence-corrected chi connectivity index (χ4v) is 2.57. The van der Waals surface area contributed by atoms with Crippen molar-refractivity contribution in [1.82, 2.24) is 0 Å². The van der Waals surface area contributed by atoms with E-state index in [-0.39, 0.29) is 0 Å². The van der Waals surface area contributed by atoms with Gasteiger partial charge in [-0.15, -0.1) is 0 Å². The zero-order valence-electron chi connectivity index (χ0n) is 8.81. The van der Waals surface area contributed by atoms with Crippen LogP contribution in [0.25, 0.3) is 0 Å². The van der Waals surface area contributed by atoms with Gasteiger partial charge >= 0.3 is 0 Å². The van der Waals surface area contributed by atoms with Crippen LogP contribution in [-0.4, -0.2) is 0 Å². The normalized spacial score (nSPS) is 23.5. The van der Waals surface area contributed by atoms with Crippen LogP contribution in [0.3, 0.4) is 0 Å². The van der Waals surface area contributed by atoms with E-state index in [1.807, 2.05) is 0 Å². The highest BCUT2D eigenvalue weighted by molar-refractivity contribution is 4.69. The first-order valence-electron chi connectivity index (χ1n) is 5.84. The molecule has 1 fully saturated rings. The quantitative estimate of drug-likeness (QED) is 0.548. The fraction of sp³-hybridized carbons (Fsp3) is 1.00. The van der Waals surface area contributed by atoms with Crippen molar-refractivity contribution in [1.29, 1.82) is 0 Å². The average Bonchev–Trinajstić information content (AvgIpc) is 2.32. The van der Waals surface area contributed by atoms with Crippen molar-refractivity contribution in [3.05, 3.63) is 0 Å². The molecule has 1 saturated carbocycles. The molecule has 0 nitrogen and oxygen atoms in total. The molecule has 0 bridgehead atoms. The maximum atomic E-state index is 2.46. The van der Waals surface area contributed by atoms with Gasteiger partial charge in [0, 0.05) is 0 Å². The molecule has 12 heavy (non-hydrogen) atoms. The Morgan fingerprint density at radius 3 is 2.17 bits per heavy atom. The van der Waals surface area contributed by atoms with Crippen molar-refractivity contribution in [2.24, 2.45) is 11.8 Å². The third-order valence-electron chi connectivity index (χ3n) is 3.45. The Bertz CT molecular complexity index is 98.6. The maximum absolute atomic E-state index is 2.46. The summed E-state index contributed by atoms with van der Waals surface area (Å²) in [5.74, 6) is 2.06. The topological polar surface area (TPSA) is 0 Å². The van der Waals surface area contributed by atoms with E-state index in [4.69, 9.17) is 0 Å². The summed E-state index contributed by atoms with van der Waals surface area (Å²) in [4.78, 5) is 0. The predicted octanol–water partition coefficient (Wildman–Crippen LogP) is 4.39. The molecule has 72 valence electrons. The van der Waals surface area contributed by atoms with Crippen LogP contribution >= 0.6 is 0 Å². The maximum Gasteiger partial charge on any atom is -0.0388 e. The minimum Gasteiger partial charge on any atom is -0.0654 e. The van der Waals surface area contributed by atoms with Gasteiger partial charge in [-0.3, -0.25) is 0 Å². The van der Waals surface area contributed by atoms with Crippen LogP contribution in [0.2, 0.25) is 0 Å². The van der Waals surface area contributed by atoms with E-state index in [9.17, 15) is 0 Å². The van der Waals surface area contributed by atoms with Gasteiger partial charge in [0.1, 0.15) is 0 Å². The molecule has 0 heteroatoms. The molecule has 0 aromatic rings. The van der Waals surface area contributed by atoms with E-state index in [1.165, 1.54) is 51.4 Å². The van der Waals surface area contributed by atoms with Crippen molar-refractivity contribution < 1.29 is 0 Å². The third kappa shape index (κ3) is 3.16. The smallest absolute Gasteiger partial charge is 0.0388 e. The van der Waals surface area contributed by atoms with Crippen molar-refractivity contribution in [2.45, 2.75) is 65.2 Å². The molecule has 0 amide bonds. The standard InChI is InChI=1S/C12H24/c1-3-8-11(2)12-9-6-4-5-7-10-12/h11-12H,3-10H2,1-2H3. The Kier molecular flexibility index (Phi) is 4.72. The summed E-state index contributed by atoms with van der Waals surface area (Å²) in [7, 11) is 0. The van der Waals surface area contributed by atoms with Gasteiger partial charge in [0.05, 0.1) is 0 Å². The van der Waals surface area contributed by atoms with Crippen LogP contribution in [0.1, 0.15) is 65.2 Å². The molecule has 0 N–H and O–H groups in total. The lowest BCUT2D eigenvalue weighted by molar-refractivity contribution is 0.301. The molecule has 0 aliphatic heterocycles. The van der Waals surface area contributed by atoms with Gasteiger partial charge in [0.15, 0.2) is 0 Å². The van der Waals surface area contributed by atoms with Gasteiger partial charge in [-0.1, -0.05) is 65.2 Å². The molecule has 1 aliphatic carbocycles. The van der Waals surface area contributed by atoms with Gasteiger partial charge in [-0.2, -0.15) is 0 Å². The second kappa shape index (κ2) is 5.61. The molecule has 1 unspecified atom stereocenters. The van der Waals surface area contributed by atoms with E-state index in [0.717, 1.165) is 11.8 Å². The van der Waals surface area contributed by atoms with Crippen molar-refractivity contribution in [3.63, 3.8) is 0 Å². The van der Waals surface area contributed by atoms with Crippen LogP contribution in [0.5, 0.6) is 0 Å². The molecule has 0 spiro atoms. The predicted molar refractivity (Wildman–Crippen MR) is 55.3 cm³/mol. The van der Waals surface area contributed by atoms with E-state index in [2.05, 4.69) is 13.8 Å². The molecule has 0 saturated heterocycles. The van der Waals surface area contributed by atoms with Crippen molar-refractivity contribution in [3.8, 4) is 0 Å². The first kappa shape index (κ1) is 10.1. The van der Waals surface area contributed by atoms with Gasteiger partial charge in [-0.25, -0.2) is 0 Å². The number of hydrogen-bond acceptors (Lipinski definition) is 0. The monoisotopic (exact) mass is 168 g/mol. The lowest BCUT2D eigenvalue weighted by Crippen LogP contribution is -2.10. The highest BCUT2D eigenvalue weighted by Crippen LogP contribution is 2.30. The first-order chi connectivity index (χ1) is 5.84. The summed E-state index contributed by atoms with van der Waals surface area (Å²) in [6.07, 6.45) is 11.8. The lowest BCUT2D eigenvalue weighted by atomic mass is 9.85. The third-order valence-corrected chi connectivity index (χ3v) is 3.45. The first-order valence-corrected chi connectivity index (χ1v) is 5.84. The molecule has 0 heterocycles. The molecule has 1 atom stereocenters. The summed E-state index contributed by atoms with van der Waals surface area (Å²) in [5, 5.41) is 0. The van der Waals surface area contributed by atoms with Crippen molar-refractivity contribution in [2.75, 3.05) is 0 Å². The summed E-state index contributed by atoms with van der Waals surface area (Å²) >= 11 is 0.